The lowest BCUT2D eigenvalue weighted by atomic mass is 10.1. The number of hydrogen-bond donors (Lipinski definition) is 0. The van der Waals surface area contributed by atoms with E-state index in [-0.39, 0.29) is 0 Å². The topological polar surface area (TPSA) is 9.23 Å². The maximum atomic E-state index is 12.2. The van der Waals surface area contributed by atoms with Crippen LogP contribution in [0.1, 0.15) is 18.1 Å². The first-order valence-electron chi connectivity index (χ1n) is 4.44. The third-order valence-corrected chi connectivity index (χ3v) is 1.85. The molecule has 0 bridgehead atoms. The van der Waals surface area contributed by atoms with E-state index < -0.39 is 11.7 Å². The molecule has 0 aliphatic carbocycles. The molecule has 15 heavy (non-hydrogen) atoms. The van der Waals surface area contributed by atoms with E-state index in [9.17, 15) is 13.2 Å². The molecule has 0 fully saturated rings. The highest BCUT2D eigenvalue weighted by Crippen LogP contribution is 2.29. The van der Waals surface area contributed by atoms with Crippen LogP contribution in [0, 0.1) is 0 Å². The molecule has 0 unspecified atom stereocenters. The molecule has 0 amide bonds. The van der Waals surface area contributed by atoms with Gasteiger partial charge in [-0.3, -0.25) is 0 Å². The van der Waals surface area contributed by atoms with Gasteiger partial charge < -0.3 is 4.74 Å². The summed E-state index contributed by atoms with van der Waals surface area (Å²) in [6, 6.07) is 4.72. The van der Waals surface area contributed by atoms with Gasteiger partial charge in [0.15, 0.2) is 0 Å². The quantitative estimate of drug-likeness (QED) is 0.700. The summed E-state index contributed by atoms with van der Waals surface area (Å²) in [7, 11) is 0. The Morgan fingerprint density at radius 2 is 1.80 bits per heavy atom. The fourth-order valence-electron chi connectivity index (χ4n) is 1.10. The number of rotatable bonds is 3. The van der Waals surface area contributed by atoms with Gasteiger partial charge in [-0.2, -0.15) is 13.2 Å². The zero-order valence-corrected chi connectivity index (χ0v) is 8.27. The van der Waals surface area contributed by atoms with Crippen LogP contribution in [0.2, 0.25) is 0 Å². The van der Waals surface area contributed by atoms with Crippen molar-refractivity contribution in [1.82, 2.24) is 0 Å². The van der Waals surface area contributed by atoms with Crippen LogP contribution in [0.4, 0.5) is 13.2 Å². The largest absolute Gasteiger partial charge is 0.494 e. The summed E-state index contributed by atoms with van der Waals surface area (Å²) in [6.45, 7) is 5.83. The third kappa shape index (κ3) is 3.01. The van der Waals surface area contributed by atoms with Crippen LogP contribution in [0.3, 0.4) is 0 Å². The Hall–Kier alpha value is -1.45. The van der Waals surface area contributed by atoms with E-state index >= 15 is 0 Å². The number of alkyl halides is 3. The maximum absolute atomic E-state index is 12.2. The van der Waals surface area contributed by atoms with Crippen molar-refractivity contribution in [2.75, 3.05) is 6.61 Å². The van der Waals surface area contributed by atoms with Gasteiger partial charge in [0.2, 0.25) is 0 Å². The zero-order valence-electron chi connectivity index (χ0n) is 8.27. The standard InChI is InChI=1S/C11H11F3O/c1-3-15-8(2)9-4-6-10(7-5-9)11(12,13)14/h4-7H,2-3H2,1H3. The van der Waals surface area contributed by atoms with Crippen LogP contribution in [-0.4, -0.2) is 6.61 Å². The van der Waals surface area contributed by atoms with Crippen LogP contribution in [-0.2, 0) is 10.9 Å². The lowest BCUT2D eigenvalue weighted by molar-refractivity contribution is -0.137. The van der Waals surface area contributed by atoms with Gasteiger partial charge in [0.1, 0.15) is 5.76 Å². The summed E-state index contributed by atoms with van der Waals surface area (Å²) in [4.78, 5) is 0. The summed E-state index contributed by atoms with van der Waals surface area (Å²) < 4.78 is 41.7. The van der Waals surface area contributed by atoms with Gasteiger partial charge in [0.25, 0.3) is 0 Å². The van der Waals surface area contributed by atoms with Crippen molar-refractivity contribution >= 4 is 5.76 Å². The minimum Gasteiger partial charge on any atom is -0.494 e. The first-order chi connectivity index (χ1) is 6.95. The molecule has 0 aromatic heterocycles. The normalized spacial score (nSPS) is 11.2. The van der Waals surface area contributed by atoms with Crippen LogP contribution in [0.15, 0.2) is 30.8 Å². The highest BCUT2D eigenvalue weighted by molar-refractivity contribution is 5.57. The Morgan fingerprint density at radius 1 is 1.27 bits per heavy atom. The molecular formula is C11H11F3O. The van der Waals surface area contributed by atoms with E-state index in [0.29, 0.717) is 17.9 Å². The van der Waals surface area contributed by atoms with E-state index in [0.717, 1.165) is 12.1 Å². The number of benzene rings is 1. The molecule has 1 nitrogen and oxygen atoms in total. The second-order valence-corrected chi connectivity index (χ2v) is 2.93. The minimum absolute atomic E-state index is 0.381. The second kappa shape index (κ2) is 4.38. The zero-order chi connectivity index (χ0) is 11.5. The monoisotopic (exact) mass is 216 g/mol. The molecule has 0 saturated carbocycles. The summed E-state index contributed by atoms with van der Waals surface area (Å²) in [6.07, 6.45) is -4.30. The Labute approximate surface area is 86.2 Å². The molecular weight excluding hydrogens is 205 g/mol. The highest BCUT2D eigenvalue weighted by Gasteiger charge is 2.29. The van der Waals surface area contributed by atoms with Crippen molar-refractivity contribution in [2.24, 2.45) is 0 Å². The van der Waals surface area contributed by atoms with E-state index in [1.54, 1.807) is 6.92 Å². The van der Waals surface area contributed by atoms with Crippen LogP contribution >= 0.6 is 0 Å². The predicted octanol–water partition coefficient (Wildman–Crippen LogP) is 3.71. The van der Waals surface area contributed by atoms with E-state index in [1.165, 1.54) is 12.1 Å². The smallest absolute Gasteiger partial charge is 0.416 e. The molecule has 1 aromatic carbocycles. The molecule has 0 spiro atoms. The van der Waals surface area contributed by atoms with Crippen molar-refractivity contribution in [3.05, 3.63) is 42.0 Å². The molecule has 0 heterocycles. The van der Waals surface area contributed by atoms with Gasteiger partial charge in [0.05, 0.1) is 12.2 Å². The number of hydrogen-bond acceptors (Lipinski definition) is 1. The summed E-state index contributed by atoms with van der Waals surface area (Å²) >= 11 is 0. The van der Waals surface area contributed by atoms with Crippen LogP contribution in [0.5, 0.6) is 0 Å². The molecule has 1 rings (SSSR count). The average molecular weight is 216 g/mol. The van der Waals surface area contributed by atoms with Crippen molar-refractivity contribution in [3.63, 3.8) is 0 Å². The Bertz CT molecular complexity index is 338. The summed E-state index contributed by atoms with van der Waals surface area (Å²) in [5.41, 5.74) is -0.111. The second-order valence-electron chi connectivity index (χ2n) is 2.93. The van der Waals surface area contributed by atoms with Gasteiger partial charge in [-0.05, 0) is 19.1 Å². The molecule has 82 valence electrons. The Morgan fingerprint density at radius 3 is 2.20 bits per heavy atom. The first-order valence-corrected chi connectivity index (χ1v) is 4.44. The summed E-state index contributed by atoms with van der Waals surface area (Å²) in [5, 5.41) is 0. The summed E-state index contributed by atoms with van der Waals surface area (Å²) in [5.74, 6) is 0.381. The molecule has 0 radical (unpaired) electrons. The van der Waals surface area contributed by atoms with Gasteiger partial charge in [0, 0.05) is 5.56 Å². The van der Waals surface area contributed by atoms with Crippen molar-refractivity contribution in [1.29, 1.82) is 0 Å². The van der Waals surface area contributed by atoms with Gasteiger partial charge in [-0.15, -0.1) is 0 Å². The lowest BCUT2D eigenvalue weighted by Crippen LogP contribution is -2.04. The molecule has 0 N–H and O–H groups in total. The van der Waals surface area contributed by atoms with Crippen LogP contribution in [0.25, 0.3) is 5.76 Å². The van der Waals surface area contributed by atoms with Gasteiger partial charge >= 0.3 is 6.18 Å². The average Bonchev–Trinajstić information content (AvgIpc) is 2.17. The highest BCUT2D eigenvalue weighted by atomic mass is 19.4. The van der Waals surface area contributed by atoms with E-state index in [2.05, 4.69) is 6.58 Å². The van der Waals surface area contributed by atoms with Crippen molar-refractivity contribution in [3.8, 4) is 0 Å². The fourth-order valence-corrected chi connectivity index (χ4v) is 1.10. The number of ether oxygens (including phenoxy) is 1. The number of halogens is 3. The first kappa shape index (κ1) is 11.6. The minimum atomic E-state index is -4.30. The lowest BCUT2D eigenvalue weighted by Gasteiger charge is -2.09. The van der Waals surface area contributed by atoms with Gasteiger partial charge in [-0.1, -0.05) is 18.7 Å². The predicted molar refractivity (Wildman–Crippen MR) is 52.1 cm³/mol. The van der Waals surface area contributed by atoms with E-state index in [4.69, 9.17) is 4.74 Å². The van der Waals surface area contributed by atoms with Crippen molar-refractivity contribution < 1.29 is 17.9 Å². The molecule has 1 aromatic rings. The molecule has 4 heteroatoms. The molecule has 0 aliphatic heterocycles. The maximum Gasteiger partial charge on any atom is 0.416 e. The van der Waals surface area contributed by atoms with Crippen LogP contribution < -0.4 is 0 Å². The van der Waals surface area contributed by atoms with Crippen molar-refractivity contribution in [2.45, 2.75) is 13.1 Å². The Kier molecular flexibility index (Phi) is 3.39. The third-order valence-electron chi connectivity index (χ3n) is 1.85. The molecule has 0 saturated heterocycles. The Balaban J connectivity index is 2.86. The molecule has 0 atom stereocenters. The van der Waals surface area contributed by atoms with Gasteiger partial charge in [-0.25, -0.2) is 0 Å². The fraction of sp³-hybridized carbons (Fsp3) is 0.273. The molecule has 0 aliphatic rings. The SMILES string of the molecule is C=C(OCC)c1ccc(C(F)(F)F)cc1. The van der Waals surface area contributed by atoms with E-state index in [1.807, 2.05) is 0 Å².